The quantitative estimate of drug-likeness (QED) is 0.277. The molecule has 0 aliphatic rings. The number of anilines is 1. The predicted octanol–water partition coefficient (Wildman–Crippen LogP) is 5.02. The number of carboxylic acid groups (broad SMARTS) is 1. The van der Waals surface area contributed by atoms with Gasteiger partial charge in [-0.2, -0.15) is 10.1 Å². The average molecular weight is 587 g/mol. The number of aromatic carboxylic acids is 1. The SMILES string of the molecule is COc1ncc(-n2nc(C(=O)O)c(C(Nc3cc(Cl)cn(C)c3=O)c3ccc(Cl)cc3C)c2C(C)C)c(OC)n1. The molecule has 0 fully saturated rings. The van der Waals surface area contributed by atoms with E-state index < -0.39 is 12.0 Å². The lowest BCUT2D eigenvalue weighted by molar-refractivity contribution is 0.0688. The van der Waals surface area contributed by atoms with E-state index in [1.807, 2.05) is 20.8 Å². The van der Waals surface area contributed by atoms with Crippen molar-refractivity contribution in [1.29, 1.82) is 0 Å². The molecule has 11 nitrogen and oxygen atoms in total. The van der Waals surface area contributed by atoms with Gasteiger partial charge in [-0.3, -0.25) is 4.79 Å². The van der Waals surface area contributed by atoms with Crippen LogP contribution in [0.3, 0.4) is 0 Å². The summed E-state index contributed by atoms with van der Waals surface area (Å²) in [7, 11) is 4.44. The number of aryl methyl sites for hydroxylation is 2. The monoisotopic (exact) mass is 586 g/mol. The topological polar surface area (TPSA) is 133 Å². The highest BCUT2D eigenvalue weighted by molar-refractivity contribution is 6.31. The van der Waals surface area contributed by atoms with Crippen LogP contribution in [0.15, 0.2) is 41.5 Å². The molecule has 0 saturated heterocycles. The van der Waals surface area contributed by atoms with Crippen molar-refractivity contribution in [3.63, 3.8) is 0 Å². The number of nitrogens with one attached hydrogen (secondary N) is 1. The van der Waals surface area contributed by atoms with Gasteiger partial charge in [0.05, 0.1) is 37.2 Å². The zero-order chi connectivity index (χ0) is 29.3. The fraction of sp³-hybridized carbons (Fsp3) is 0.296. The maximum atomic E-state index is 13.1. The number of carboxylic acids is 1. The molecule has 1 unspecified atom stereocenters. The summed E-state index contributed by atoms with van der Waals surface area (Å²) in [5.74, 6) is -1.38. The first-order valence-electron chi connectivity index (χ1n) is 12.2. The third kappa shape index (κ3) is 5.47. The van der Waals surface area contributed by atoms with Crippen molar-refractivity contribution in [3.8, 4) is 17.6 Å². The molecule has 0 amide bonds. The van der Waals surface area contributed by atoms with Gasteiger partial charge in [0, 0.05) is 23.8 Å². The van der Waals surface area contributed by atoms with Gasteiger partial charge < -0.3 is 24.5 Å². The van der Waals surface area contributed by atoms with Crippen LogP contribution < -0.4 is 20.3 Å². The van der Waals surface area contributed by atoms with Crippen LogP contribution in [0, 0.1) is 6.92 Å². The van der Waals surface area contributed by atoms with Crippen LogP contribution in [-0.4, -0.2) is 49.6 Å². The van der Waals surface area contributed by atoms with Crippen molar-refractivity contribution in [3.05, 3.63) is 85.1 Å². The molecule has 210 valence electrons. The number of aromatic nitrogens is 5. The van der Waals surface area contributed by atoms with Crippen molar-refractivity contribution in [2.45, 2.75) is 32.7 Å². The number of carbonyl (C=O) groups is 1. The fourth-order valence-electron chi connectivity index (χ4n) is 4.56. The van der Waals surface area contributed by atoms with E-state index in [0.717, 1.165) is 5.56 Å². The minimum atomic E-state index is -1.26. The summed E-state index contributed by atoms with van der Waals surface area (Å²) in [6.07, 6.45) is 2.94. The molecule has 1 atom stereocenters. The lowest BCUT2D eigenvalue weighted by atomic mass is 9.90. The molecule has 1 aromatic carbocycles. The molecule has 3 heterocycles. The number of methoxy groups -OCH3 is 2. The molecule has 4 rings (SSSR count). The number of hydrogen-bond acceptors (Lipinski definition) is 8. The summed E-state index contributed by atoms with van der Waals surface area (Å²) in [5.41, 5.74) is 2.25. The first kappa shape index (κ1) is 28.9. The third-order valence-corrected chi connectivity index (χ3v) is 6.75. The predicted molar refractivity (Wildman–Crippen MR) is 152 cm³/mol. The summed E-state index contributed by atoms with van der Waals surface area (Å²) in [5, 5.41) is 19.0. The molecule has 0 bridgehead atoms. The minimum absolute atomic E-state index is 0.0747. The Hall–Kier alpha value is -4.09. The molecule has 13 heteroatoms. The number of nitrogens with zero attached hydrogens (tertiary/aromatic N) is 5. The second-order valence-electron chi connectivity index (χ2n) is 9.34. The summed E-state index contributed by atoms with van der Waals surface area (Å²) < 4.78 is 13.4. The maximum Gasteiger partial charge on any atom is 0.356 e. The van der Waals surface area contributed by atoms with Crippen LogP contribution in [0.2, 0.25) is 10.0 Å². The van der Waals surface area contributed by atoms with Crippen molar-refractivity contribution in [1.82, 2.24) is 24.3 Å². The molecule has 40 heavy (non-hydrogen) atoms. The van der Waals surface area contributed by atoms with Crippen LogP contribution in [0.4, 0.5) is 5.69 Å². The van der Waals surface area contributed by atoms with E-state index in [-0.39, 0.29) is 34.7 Å². The average Bonchev–Trinajstić information content (AvgIpc) is 3.30. The third-order valence-electron chi connectivity index (χ3n) is 6.31. The van der Waals surface area contributed by atoms with E-state index in [1.54, 1.807) is 25.2 Å². The number of rotatable bonds is 9. The Balaban J connectivity index is 2.08. The van der Waals surface area contributed by atoms with Gasteiger partial charge in [0.1, 0.15) is 11.4 Å². The van der Waals surface area contributed by atoms with Crippen LogP contribution in [0.25, 0.3) is 5.69 Å². The second-order valence-corrected chi connectivity index (χ2v) is 10.2. The van der Waals surface area contributed by atoms with Gasteiger partial charge in [-0.05, 0) is 42.2 Å². The van der Waals surface area contributed by atoms with Gasteiger partial charge >= 0.3 is 12.0 Å². The Morgan fingerprint density at radius 2 is 1.85 bits per heavy atom. The Bertz CT molecular complexity index is 1650. The molecular formula is C27H28Cl2N6O5. The van der Waals surface area contributed by atoms with Crippen molar-refractivity contribution in [2.24, 2.45) is 7.05 Å². The molecule has 0 aliphatic heterocycles. The smallest absolute Gasteiger partial charge is 0.356 e. The van der Waals surface area contributed by atoms with Gasteiger partial charge in [0.15, 0.2) is 5.69 Å². The fourth-order valence-corrected chi connectivity index (χ4v) is 5.04. The van der Waals surface area contributed by atoms with Crippen LogP contribution in [0.1, 0.15) is 58.7 Å². The number of halogens is 2. The Labute approximate surface area is 240 Å². The second kappa shape index (κ2) is 11.6. The first-order chi connectivity index (χ1) is 19.0. The largest absolute Gasteiger partial charge is 0.479 e. The lowest BCUT2D eigenvalue weighted by Gasteiger charge is -2.25. The standard InChI is InChI=1S/C27H28Cl2N6O5/c1-13(2)23-20(22(26(37)38)33-35(23)19-11-30-27(40-6)32-24(19)39-5)21(17-8-7-15(28)9-14(17)3)31-18-10-16(29)12-34(4)25(18)36/h7-13,21,31H,1-6H3,(H,37,38). The van der Waals surface area contributed by atoms with Gasteiger partial charge in [0.25, 0.3) is 5.56 Å². The van der Waals surface area contributed by atoms with Gasteiger partial charge in [-0.25, -0.2) is 14.5 Å². The molecule has 0 aliphatic carbocycles. The Kier molecular flexibility index (Phi) is 8.36. The molecule has 0 radical (unpaired) electrons. The molecule has 4 aromatic rings. The van der Waals surface area contributed by atoms with E-state index in [1.165, 1.54) is 41.9 Å². The van der Waals surface area contributed by atoms with Gasteiger partial charge in [-0.15, -0.1) is 0 Å². The summed E-state index contributed by atoms with van der Waals surface area (Å²) in [6, 6.07) is 5.99. The summed E-state index contributed by atoms with van der Waals surface area (Å²) in [4.78, 5) is 34.2. The first-order valence-corrected chi connectivity index (χ1v) is 12.9. The van der Waals surface area contributed by atoms with Crippen molar-refractivity contribution < 1.29 is 19.4 Å². The van der Waals surface area contributed by atoms with Gasteiger partial charge in [-0.1, -0.05) is 43.1 Å². The zero-order valence-electron chi connectivity index (χ0n) is 22.7. The molecule has 0 spiro atoms. The molecule has 0 saturated carbocycles. The van der Waals surface area contributed by atoms with Crippen LogP contribution in [-0.2, 0) is 7.05 Å². The molecule has 3 aromatic heterocycles. The normalized spacial score (nSPS) is 11.9. The van der Waals surface area contributed by atoms with E-state index in [4.69, 9.17) is 32.7 Å². The number of benzene rings is 1. The van der Waals surface area contributed by atoms with E-state index in [0.29, 0.717) is 32.6 Å². The Morgan fingerprint density at radius 1 is 1.12 bits per heavy atom. The number of pyridine rings is 1. The van der Waals surface area contributed by atoms with E-state index in [9.17, 15) is 14.7 Å². The number of hydrogen-bond donors (Lipinski definition) is 2. The van der Waals surface area contributed by atoms with E-state index >= 15 is 0 Å². The highest BCUT2D eigenvalue weighted by atomic mass is 35.5. The van der Waals surface area contributed by atoms with Gasteiger partial charge in [0.2, 0.25) is 5.88 Å². The van der Waals surface area contributed by atoms with Crippen LogP contribution in [0.5, 0.6) is 11.9 Å². The van der Waals surface area contributed by atoms with Crippen LogP contribution >= 0.6 is 23.2 Å². The van der Waals surface area contributed by atoms with Crippen molar-refractivity contribution in [2.75, 3.05) is 19.5 Å². The highest BCUT2D eigenvalue weighted by Gasteiger charge is 2.34. The summed E-state index contributed by atoms with van der Waals surface area (Å²) in [6.45, 7) is 5.67. The number of ether oxygens (including phenoxy) is 2. The lowest BCUT2D eigenvalue weighted by Crippen LogP contribution is -2.25. The summed E-state index contributed by atoms with van der Waals surface area (Å²) >= 11 is 12.6. The minimum Gasteiger partial charge on any atom is -0.479 e. The van der Waals surface area contributed by atoms with Crippen molar-refractivity contribution >= 4 is 34.9 Å². The maximum absolute atomic E-state index is 13.1. The Morgan fingerprint density at radius 3 is 2.45 bits per heavy atom. The molecular weight excluding hydrogens is 559 g/mol. The zero-order valence-corrected chi connectivity index (χ0v) is 24.2. The molecule has 2 N–H and O–H groups in total. The highest BCUT2D eigenvalue weighted by Crippen LogP contribution is 2.39. The van der Waals surface area contributed by atoms with E-state index in [2.05, 4.69) is 20.4 Å².